The van der Waals surface area contributed by atoms with Crippen molar-refractivity contribution in [3.05, 3.63) is 59.7 Å². The first-order chi connectivity index (χ1) is 13.0. The van der Waals surface area contributed by atoms with E-state index in [1.54, 1.807) is 6.07 Å². The lowest BCUT2D eigenvalue weighted by Crippen LogP contribution is -2.47. The molecule has 1 aliphatic heterocycles. The van der Waals surface area contributed by atoms with Gasteiger partial charge >= 0.3 is 6.61 Å². The number of rotatable bonds is 6. The van der Waals surface area contributed by atoms with Gasteiger partial charge < -0.3 is 20.3 Å². The summed E-state index contributed by atoms with van der Waals surface area (Å²) in [5.74, 6) is -0.672. The maximum Gasteiger partial charge on any atom is 0.387 e. The third-order valence-corrected chi connectivity index (χ3v) is 4.14. The molecule has 27 heavy (non-hydrogen) atoms. The summed E-state index contributed by atoms with van der Waals surface area (Å²) in [7, 11) is 0. The number of nitrogens with one attached hydrogen (secondary N) is 2. The van der Waals surface area contributed by atoms with E-state index in [9.17, 15) is 18.4 Å². The average molecular weight is 375 g/mol. The van der Waals surface area contributed by atoms with E-state index >= 15 is 0 Å². The highest BCUT2D eigenvalue weighted by atomic mass is 19.3. The highest BCUT2D eigenvalue weighted by molar-refractivity contribution is 5.96. The van der Waals surface area contributed by atoms with Crippen molar-refractivity contribution < 1.29 is 23.1 Å². The minimum atomic E-state index is -3.00. The topological polar surface area (TPSA) is 70.7 Å². The summed E-state index contributed by atoms with van der Waals surface area (Å²) < 4.78 is 29.3. The van der Waals surface area contributed by atoms with E-state index in [-0.39, 0.29) is 23.8 Å². The summed E-state index contributed by atoms with van der Waals surface area (Å²) in [6.45, 7) is -1.10. The van der Waals surface area contributed by atoms with E-state index in [0.29, 0.717) is 13.1 Å². The fraction of sp³-hybridized carbons (Fsp3) is 0.263. The normalized spacial score (nSPS) is 14.0. The summed E-state index contributed by atoms with van der Waals surface area (Å²) in [6, 6.07) is 13.3. The molecule has 1 aliphatic rings. The number of ether oxygens (including phenoxy) is 1. The van der Waals surface area contributed by atoms with Crippen molar-refractivity contribution in [3.63, 3.8) is 0 Å². The van der Waals surface area contributed by atoms with Gasteiger partial charge in [-0.25, -0.2) is 0 Å². The molecule has 0 unspecified atom stereocenters. The first-order valence-corrected chi connectivity index (χ1v) is 8.45. The van der Waals surface area contributed by atoms with Gasteiger partial charge in [0.15, 0.2) is 0 Å². The number of para-hydroxylation sites is 1. The molecular weight excluding hydrogens is 356 g/mol. The zero-order valence-corrected chi connectivity index (χ0v) is 14.5. The standard InChI is InChI=1S/C19H19F2N3O3/c20-19(21)27-16-4-2-1-3-15(16)18(26)23-11-13-5-7-14(8-6-13)24-10-9-22-17(25)12-24/h1-8,19H,9-12H2,(H,22,25)(H,23,26). The number of halogens is 2. The second-order valence-electron chi connectivity index (χ2n) is 6.00. The third-order valence-electron chi connectivity index (χ3n) is 4.14. The number of carbonyl (C=O) groups is 2. The van der Waals surface area contributed by atoms with Gasteiger partial charge in [-0.15, -0.1) is 0 Å². The van der Waals surface area contributed by atoms with Crippen LogP contribution in [0, 0.1) is 0 Å². The molecule has 0 atom stereocenters. The lowest BCUT2D eigenvalue weighted by Gasteiger charge is -2.28. The molecule has 2 N–H and O–H groups in total. The summed E-state index contributed by atoms with van der Waals surface area (Å²) >= 11 is 0. The zero-order chi connectivity index (χ0) is 19.2. The number of hydrogen-bond donors (Lipinski definition) is 2. The molecular formula is C19H19F2N3O3. The number of benzene rings is 2. The van der Waals surface area contributed by atoms with Gasteiger partial charge in [0.05, 0.1) is 12.1 Å². The minimum Gasteiger partial charge on any atom is -0.434 e. The summed E-state index contributed by atoms with van der Waals surface area (Å²) in [5.41, 5.74) is 1.82. The van der Waals surface area contributed by atoms with Crippen LogP contribution in [0.15, 0.2) is 48.5 Å². The Morgan fingerprint density at radius 2 is 1.93 bits per heavy atom. The summed E-state index contributed by atoms with van der Waals surface area (Å²) in [4.78, 5) is 25.7. The van der Waals surface area contributed by atoms with Crippen molar-refractivity contribution in [2.45, 2.75) is 13.2 Å². The van der Waals surface area contributed by atoms with Crippen LogP contribution in [0.1, 0.15) is 15.9 Å². The molecule has 142 valence electrons. The van der Waals surface area contributed by atoms with Crippen LogP contribution >= 0.6 is 0 Å². The van der Waals surface area contributed by atoms with Gasteiger partial charge in [0, 0.05) is 25.3 Å². The molecule has 1 heterocycles. The maximum absolute atomic E-state index is 12.4. The Hall–Kier alpha value is -3.16. The van der Waals surface area contributed by atoms with Gasteiger partial charge in [-0.3, -0.25) is 9.59 Å². The number of anilines is 1. The van der Waals surface area contributed by atoms with Gasteiger partial charge in [-0.05, 0) is 29.8 Å². The molecule has 1 fully saturated rings. The molecule has 0 radical (unpaired) electrons. The molecule has 0 spiro atoms. The zero-order valence-electron chi connectivity index (χ0n) is 14.5. The van der Waals surface area contributed by atoms with Crippen LogP contribution in [-0.2, 0) is 11.3 Å². The number of amides is 2. The lowest BCUT2D eigenvalue weighted by molar-refractivity contribution is -0.120. The van der Waals surface area contributed by atoms with Gasteiger partial charge in [0.1, 0.15) is 5.75 Å². The molecule has 0 saturated carbocycles. The van der Waals surface area contributed by atoms with E-state index in [1.165, 1.54) is 18.2 Å². The predicted molar refractivity (Wildman–Crippen MR) is 95.9 cm³/mol. The molecule has 2 aromatic rings. The Morgan fingerprint density at radius 1 is 1.19 bits per heavy atom. The molecule has 6 nitrogen and oxygen atoms in total. The van der Waals surface area contributed by atoms with Gasteiger partial charge in [-0.1, -0.05) is 24.3 Å². The van der Waals surface area contributed by atoms with Crippen LogP contribution in [0.5, 0.6) is 5.75 Å². The van der Waals surface area contributed by atoms with E-state index in [1.807, 2.05) is 29.2 Å². The molecule has 0 aromatic heterocycles. The molecule has 0 bridgehead atoms. The number of piperazine rings is 1. The number of carbonyl (C=O) groups excluding carboxylic acids is 2. The van der Waals surface area contributed by atoms with Crippen LogP contribution in [0.25, 0.3) is 0 Å². The van der Waals surface area contributed by atoms with Crippen LogP contribution < -0.4 is 20.3 Å². The molecule has 8 heteroatoms. The first-order valence-electron chi connectivity index (χ1n) is 8.45. The largest absolute Gasteiger partial charge is 0.434 e. The SMILES string of the molecule is O=C1CN(c2ccc(CNC(=O)c3ccccc3OC(F)F)cc2)CCN1. The van der Waals surface area contributed by atoms with Gasteiger partial charge in [0.25, 0.3) is 5.91 Å². The highest BCUT2D eigenvalue weighted by Gasteiger charge is 2.17. The summed E-state index contributed by atoms with van der Waals surface area (Å²) in [6.07, 6.45) is 0. The van der Waals surface area contributed by atoms with Crippen LogP contribution in [0.4, 0.5) is 14.5 Å². The quantitative estimate of drug-likeness (QED) is 0.812. The number of nitrogens with zero attached hydrogens (tertiary/aromatic N) is 1. The first kappa shape index (κ1) is 18.6. The van der Waals surface area contributed by atoms with Crippen molar-refractivity contribution >= 4 is 17.5 Å². The van der Waals surface area contributed by atoms with Crippen molar-refractivity contribution in [2.75, 3.05) is 24.5 Å². The second-order valence-corrected chi connectivity index (χ2v) is 6.00. The van der Waals surface area contributed by atoms with Crippen LogP contribution in [-0.4, -0.2) is 38.1 Å². The van der Waals surface area contributed by atoms with Gasteiger partial charge in [0.2, 0.25) is 5.91 Å². The Labute approximate surface area is 155 Å². The third kappa shape index (κ3) is 4.93. The monoisotopic (exact) mass is 375 g/mol. The highest BCUT2D eigenvalue weighted by Crippen LogP contribution is 2.20. The van der Waals surface area contributed by atoms with Crippen molar-refractivity contribution in [1.29, 1.82) is 0 Å². The molecule has 0 aliphatic carbocycles. The Bertz CT molecular complexity index is 812. The fourth-order valence-electron chi connectivity index (χ4n) is 2.81. The second kappa shape index (κ2) is 8.48. The molecule has 3 rings (SSSR count). The van der Waals surface area contributed by atoms with Crippen molar-refractivity contribution in [3.8, 4) is 5.75 Å². The predicted octanol–water partition coefficient (Wildman–Crippen LogP) is 2.15. The Balaban J connectivity index is 1.60. The fourth-order valence-corrected chi connectivity index (χ4v) is 2.81. The van der Waals surface area contributed by atoms with Crippen LogP contribution in [0.3, 0.4) is 0 Å². The van der Waals surface area contributed by atoms with E-state index in [2.05, 4.69) is 15.4 Å². The molecule has 2 aromatic carbocycles. The lowest BCUT2D eigenvalue weighted by atomic mass is 10.1. The average Bonchev–Trinajstić information content (AvgIpc) is 2.66. The maximum atomic E-state index is 12.4. The minimum absolute atomic E-state index is 0.0118. The van der Waals surface area contributed by atoms with Crippen molar-refractivity contribution in [1.82, 2.24) is 10.6 Å². The van der Waals surface area contributed by atoms with E-state index in [4.69, 9.17) is 0 Å². The molecule has 1 saturated heterocycles. The van der Waals surface area contributed by atoms with E-state index < -0.39 is 12.5 Å². The summed E-state index contributed by atoms with van der Waals surface area (Å²) in [5, 5.41) is 5.47. The number of alkyl halides is 2. The Morgan fingerprint density at radius 3 is 2.63 bits per heavy atom. The number of hydrogen-bond acceptors (Lipinski definition) is 4. The van der Waals surface area contributed by atoms with Crippen LogP contribution in [0.2, 0.25) is 0 Å². The van der Waals surface area contributed by atoms with Gasteiger partial charge in [-0.2, -0.15) is 8.78 Å². The smallest absolute Gasteiger partial charge is 0.387 e. The Kier molecular flexibility index (Phi) is 5.85. The molecule has 2 amide bonds. The van der Waals surface area contributed by atoms with Crippen molar-refractivity contribution in [2.24, 2.45) is 0 Å². The van der Waals surface area contributed by atoms with E-state index in [0.717, 1.165) is 17.8 Å².